The molecule has 1 aromatic rings. The predicted octanol–water partition coefficient (Wildman–Crippen LogP) is 1.95. The summed E-state index contributed by atoms with van der Waals surface area (Å²) in [6.45, 7) is 5.26. The first-order valence-electron chi connectivity index (χ1n) is 7.64. The van der Waals surface area contributed by atoms with Crippen LogP contribution in [0.1, 0.15) is 36.2 Å². The lowest BCUT2D eigenvalue weighted by Gasteiger charge is -2.38. The van der Waals surface area contributed by atoms with E-state index in [2.05, 4.69) is 10.6 Å². The average molecular weight is 342 g/mol. The maximum atomic E-state index is 14.3. The lowest BCUT2D eigenvalue weighted by molar-refractivity contribution is -0.116. The van der Waals surface area contributed by atoms with E-state index in [4.69, 9.17) is 0 Å². The number of carbonyl (C=O) groups excluding carboxylic acids is 2. The van der Waals surface area contributed by atoms with Gasteiger partial charge in [-0.25, -0.2) is 4.39 Å². The molecule has 7 heteroatoms. The molecular weight excluding hydrogens is 321 g/mol. The van der Waals surface area contributed by atoms with Gasteiger partial charge in [0, 0.05) is 37.3 Å². The maximum Gasteiger partial charge on any atom is 0.257 e. The van der Waals surface area contributed by atoms with Gasteiger partial charge in [-0.2, -0.15) is 0 Å². The summed E-state index contributed by atoms with van der Waals surface area (Å²) in [4.78, 5) is 25.8. The number of nitrogens with one attached hydrogen (secondary N) is 2. The number of benzene rings is 1. The van der Waals surface area contributed by atoms with Gasteiger partial charge in [-0.15, -0.1) is 12.4 Å². The van der Waals surface area contributed by atoms with Gasteiger partial charge in [-0.1, -0.05) is 0 Å². The van der Waals surface area contributed by atoms with Crippen LogP contribution in [-0.4, -0.2) is 41.9 Å². The zero-order valence-electron chi connectivity index (χ0n) is 13.2. The molecule has 2 N–H and O–H groups in total. The number of nitrogens with zero attached hydrogens (tertiary/aromatic N) is 1. The van der Waals surface area contributed by atoms with Crippen molar-refractivity contribution in [3.8, 4) is 0 Å². The monoisotopic (exact) mass is 341 g/mol. The van der Waals surface area contributed by atoms with Crippen LogP contribution in [0.2, 0.25) is 0 Å². The normalized spacial score (nSPS) is 23.6. The summed E-state index contributed by atoms with van der Waals surface area (Å²) >= 11 is 0. The number of fused-ring (bicyclic) bond motifs is 1. The first kappa shape index (κ1) is 17.7. The summed E-state index contributed by atoms with van der Waals surface area (Å²) in [5, 5.41) is 5.95. The Balaban J connectivity index is 0.00000192. The molecule has 2 unspecified atom stereocenters. The Bertz CT molecular complexity index is 638. The first-order chi connectivity index (χ1) is 10.5. The largest absolute Gasteiger partial charge is 0.333 e. The number of amides is 2. The van der Waals surface area contributed by atoms with Crippen molar-refractivity contribution >= 4 is 29.9 Å². The van der Waals surface area contributed by atoms with Crippen LogP contribution in [0.25, 0.3) is 0 Å². The Morgan fingerprint density at radius 3 is 2.78 bits per heavy atom. The summed E-state index contributed by atoms with van der Waals surface area (Å²) in [5.74, 6) is -0.974. The quantitative estimate of drug-likeness (QED) is 0.820. The van der Waals surface area contributed by atoms with Gasteiger partial charge in [-0.3, -0.25) is 9.59 Å². The molecule has 0 spiro atoms. The molecule has 3 rings (SSSR count). The number of aryl methyl sites for hydroxylation is 1. The molecule has 126 valence electrons. The van der Waals surface area contributed by atoms with Gasteiger partial charge < -0.3 is 15.5 Å². The Morgan fingerprint density at radius 2 is 2.04 bits per heavy atom. The van der Waals surface area contributed by atoms with Crippen LogP contribution in [0.3, 0.4) is 0 Å². The standard InChI is InChI=1S/C16H20FN3O2.ClH/c1-9-10(2)20(6-5-18-9)16(22)12-7-11-3-4-15(21)19-14(11)8-13(12)17;/h7-10,18H,3-6H2,1-2H3,(H,19,21);1H. The molecule has 2 heterocycles. The van der Waals surface area contributed by atoms with Crippen LogP contribution in [0, 0.1) is 5.82 Å². The Hall–Kier alpha value is -1.66. The molecule has 2 aliphatic heterocycles. The average Bonchev–Trinajstić information content (AvgIpc) is 2.48. The Kier molecular flexibility index (Phi) is 5.26. The van der Waals surface area contributed by atoms with Gasteiger partial charge >= 0.3 is 0 Å². The van der Waals surface area contributed by atoms with Crippen molar-refractivity contribution in [2.45, 2.75) is 38.8 Å². The van der Waals surface area contributed by atoms with Crippen molar-refractivity contribution in [3.63, 3.8) is 0 Å². The van der Waals surface area contributed by atoms with Gasteiger partial charge in [0.15, 0.2) is 0 Å². The molecular formula is C16H21ClFN3O2. The van der Waals surface area contributed by atoms with Crippen molar-refractivity contribution in [3.05, 3.63) is 29.1 Å². The predicted molar refractivity (Wildman–Crippen MR) is 88.6 cm³/mol. The van der Waals surface area contributed by atoms with E-state index in [9.17, 15) is 14.0 Å². The minimum Gasteiger partial charge on any atom is -0.333 e. The van der Waals surface area contributed by atoms with Crippen LogP contribution in [0.15, 0.2) is 12.1 Å². The lowest BCUT2D eigenvalue weighted by atomic mass is 9.98. The number of anilines is 1. The first-order valence-corrected chi connectivity index (χ1v) is 7.64. The molecule has 0 radical (unpaired) electrons. The number of carbonyl (C=O) groups is 2. The molecule has 0 aliphatic carbocycles. The van der Waals surface area contributed by atoms with E-state index in [1.165, 1.54) is 6.07 Å². The molecule has 1 fully saturated rings. The zero-order valence-corrected chi connectivity index (χ0v) is 14.0. The number of hydrogen-bond donors (Lipinski definition) is 2. The molecule has 0 saturated carbocycles. The highest BCUT2D eigenvalue weighted by Gasteiger charge is 2.31. The minimum absolute atomic E-state index is 0. The number of halogens is 2. The molecule has 2 atom stereocenters. The lowest BCUT2D eigenvalue weighted by Crippen LogP contribution is -2.57. The van der Waals surface area contributed by atoms with Crippen molar-refractivity contribution < 1.29 is 14.0 Å². The fourth-order valence-corrected chi connectivity index (χ4v) is 3.06. The molecule has 1 aromatic carbocycles. The van der Waals surface area contributed by atoms with Crippen molar-refractivity contribution in [2.75, 3.05) is 18.4 Å². The van der Waals surface area contributed by atoms with Crippen molar-refractivity contribution in [1.82, 2.24) is 10.2 Å². The third kappa shape index (κ3) is 3.33. The van der Waals surface area contributed by atoms with Crippen LogP contribution < -0.4 is 10.6 Å². The highest BCUT2D eigenvalue weighted by atomic mass is 35.5. The molecule has 2 aliphatic rings. The summed E-state index contributed by atoms with van der Waals surface area (Å²) in [6, 6.07) is 3.04. The van der Waals surface area contributed by atoms with E-state index >= 15 is 0 Å². The highest BCUT2D eigenvalue weighted by molar-refractivity contribution is 5.98. The third-order valence-corrected chi connectivity index (χ3v) is 4.61. The van der Waals surface area contributed by atoms with Crippen LogP contribution in [0.5, 0.6) is 0 Å². The van der Waals surface area contributed by atoms with Crippen LogP contribution in [-0.2, 0) is 11.2 Å². The maximum absolute atomic E-state index is 14.3. The summed E-state index contributed by atoms with van der Waals surface area (Å²) in [5.41, 5.74) is 1.39. The molecule has 5 nitrogen and oxygen atoms in total. The fraction of sp³-hybridized carbons (Fsp3) is 0.500. The highest BCUT2D eigenvalue weighted by Crippen LogP contribution is 2.27. The van der Waals surface area contributed by atoms with Gasteiger partial charge in [0.2, 0.25) is 5.91 Å². The second-order valence-electron chi connectivity index (χ2n) is 6.02. The minimum atomic E-state index is -0.579. The Morgan fingerprint density at radius 1 is 1.30 bits per heavy atom. The number of rotatable bonds is 1. The van der Waals surface area contributed by atoms with Gasteiger partial charge in [-0.05, 0) is 38.0 Å². The van der Waals surface area contributed by atoms with E-state index in [1.807, 2.05) is 13.8 Å². The summed E-state index contributed by atoms with van der Waals surface area (Å²) < 4.78 is 14.3. The van der Waals surface area contributed by atoms with E-state index < -0.39 is 5.82 Å². The second-order valence-corrected chi connectivity index (χ2v) is 6.02. The van der Waals surface area contributed by atoms with Crippen molar-refractivity contribution in [2.24, 2.45) is 0 Å². The smallest absolute Gasteiger partial charge is 0.257 e. The SMILES string of the molecule is CC1NCCN(C(=O)c2cc3c(cc2F)NC(=O)CC3)C1C.Cl. The summed E-state index contributed by atoms with van der Waals surface area (Å²) in [7, 11) is 0. The van der Waals surface area contributed by atoms with Crippen LogP contribution >= 0.6 is 12.4 Å². The van der Waals surface area contributed by atoms with Crippen LogP contribution in [0.4, 0.5) is 10.1 Å². The van der Waals surface area contributed by atoms with E-state index in [0.29, 0.717) is 31.6 Å². The number of piperazine rings is 1. The summed E-state index contributed by atoms with van der Waals surface area (Å²) in [6.07, 6.45) is 0.905. The molecule has 23 heavy (non-hydrogen) atoms. The zero-order chi connectivity index (χ0) is 15.9. The van der Waals surface area contributed by atoms with E-state index in [1.54, 1.807) is 11.0 Å². The van der Waals surface area contributed by atoms with Crippen molar-refractivity contribution in [1.29, 1.82) is 0 Å². The molecule has 0 aromatic heterocycles. The fourth-order valence-electron chi connectivity index (χ4n) is 3.06. The topological polar surface area (TPSA) is 61.4 Å². The van der Waals surface area contributed by atoms with Gasteiger partial charge in [0.25, 0.3) is 5.91 Å². The molecule has 0 bridgehead atoms. The Labute approximate surface area is 141 Å². The van der Waals surface area contributed by atoms with Gasteiger partial charge in [0.1, 0.15) is 5.82 Å². The molecule has 2 amide bonds. The number of hydrogen-bond acceptors (Lipinski definition) is 3. The second kappa shape index (κ2) is 6.84. The third-order valence-electron chi connectivity index (χ3n) is 4.61. The van der Waals surface area contributed by atoms with Gasteiger partial charge in [0.05, 0.1) is 5.56 Å². The van der Waals surface area contributed by atoms with E-state index in [0.717, 1.165) is 5.56 Å². The van der Waals surface area contributed by atoms with E-state index in [-0.39, 0.29) is 41.9 Å². The molecule has 1 saturated heterocycles.